The first-order chi connectivity index (χ1) is 15.5. The molecule has 172 valence electrons. The van der Waals surface area contributed by atoms with Crippen molar-refractivity contribution < 1.29 is 14.3 Å². The smallest absolute Gasteiger partial charge is 0.254 e. The molecule has 1 saturated carbocycles. The van der Waals surface area contributed by atoms with Gasteiger partial charge in [0.25, 0.3) is 5.91 Å². The van der Waals surface area contributed by atoms with Crippen LogP contribution in [0.1, 0.15) is 40.7 Å². The molecule has 1 aliphatic heterocycles. The van der Waals surface area contributed by atoms with Gasteiger partial charge in [0.2, 0.25) is 5.95 Å². The van der Waals surface area contributed by atoms with Crippen molar-refractivity contribution in [3.05, 3.63) is 35.0 Å². The monoisotopic (exact) mass is 440 g/mol. The maximum Gasteiger partial charge on any atom is 0.254 e. The van der Waals surface area contributed by atoms with E-state index < -0.39 is 5.91 Å². The molecule has 1 aromatic heterocycles. The molecule has 0 spiro atoms. The van der Waals surface area contributed by atoms with Gasteiger partial charge < -0.3 is 30.7 Å². The van der Waals surface area contributed by atoms with E-state index in [0.717, 1.165) is 50.2 Å². The molecule has 2 aliphatic rings. The Hall–Kier alpha value is -2.91. The lowest BCUT2D eigenvalue weighted by Gasteiger charge is -2.26. The Morgan fingerprint density at radius 2 is 2.12 bits per heavy atom. The first-order valence-corrected chi connectivity index (χ1v) is 11.1. The van der Waals surface area contributed by atoms with E-state index in [4.69, 9.17) is 15.2 Å². The molecule has 0 bridgehead atoms. The number of hydrogen-bond acceptors (Lipinski definition) is 8. The van der Waals surface area contributed by atoms with Crippen LogP contribution in [0.3, 0.4) is 0 Å². The van der Waals surface area contributed by atoms with E-state index in [2.05, 4.69) is 44.7 Å². The van der Waals surface area contributed by atoms with Crippen molar-refractivity contribution in [2.45, 2.75) is 38.3 Å². The lowest BCUT2D eigenvalue weighted by atomic mass is 9.99. The Morgan fingerprint density at radius 3 is 2.88 bits per heavy atom. The zero-order chi connectivity index (χ0) is 22.7. The minimum Gasteiger partial charge on any atom is -0.495 e. The summed E-state index contributed by atoms with van der Waals surface area (Å²) < 4.78 is 11.0. The predicted molar refractivity (Wildman–Crippen MR) is 123 cm³/mol. The number of ether oxygens (including phenoxy) is 2. The second-order valence-electron chi connectivity index (χ2n) is 8.65. The molecular weight excluding hydrogens is 408 g/mol. The van der Waals surface area contributed by atoms with E-state index in [1.54, 1.807) is 14.2 Å². The van der Waals surface area contributed by atoms with Crippen LogP contribution in [0, 0.1) is 5.92 Å². The number of benzene rings is 1. The molecule has 2 aromatic rings. The lowest BCUT2D eigenvalue weighted by molar-refractivity contribution is 0.100. The molecule has 1 aliphatic carbocycles. The number of likely N-dealkylation sites (N-methyl/N-ethyl adjacent to an activating group) is 1. The third-order valence-electron chi connectivity index (χ3n) is 6.39. The Labute approximate surface area is 188 Å². The summed E-state index contributed by atoms with van der Waals surface area (Å²) in [4.78, 5) is 23.2. The van der Waals surface area contributed by atoms with Crippen molar-refractivity contribution in [1.29, 1.82) is 0 Å². The normalized spacial score (nSPS) is 20.6. The van der Waals surface area contributed by atoms with Crippen LogP contribution in [0.25, 0.3) is 0 Å². The zero-order valence-electron chi connectivity index (χ0n) is 19.0. The molecule has 0 unspecified atom stereocenters. The van der Waals surface area contributed by atoms with E-state index in [0.29, 0.717) is 24.3 Å². The van der Waals surface area contributed by atoms with Crippen molar-refractivity contribution in [1.82, 2.24) is 14.9 Å². The van der Waals surface area contributed by atoms with Gasteiger partial charge in [-0.15, -0.1) is 0 Å². The van der Waals surface area contributed by atoms with Gasteiger partial charge in [0.1, 0.15) is 11.6 Å². The summed E-state index contributed by atoms with van der Waals surface area (Å²) in [6.45, 7) is 2.58. The highest BCUT2D eigenvalue weighted by Crippen LogP contribution is 2.34. The Bertz CT molecular complexity index is 982. The number of rotatable bonds is 8. The number of carbonyl (C=O) groups is 1. The van der Waals surface area contributed by atoms with E-state index in [1.165, 1.54) is 17.3 Å². The average molecular weight is 441 g/mol. The van der Waals surface area contributed by atoms with Crippen LogP contribution in [0.4, 0.5) is 17.5 Å². The van der Waals surface area contributed by atoms with Crippen LogP contribution in [0.5, 0.6) is 5.75 Å². The number of anilines is 3. The summed E-state index contributed by atoms with van der Waals surface area (Å²) in [5, 5.41) is 6.70. The number of hydrogen-bond donors (Lipinski definition) is 3. The highest BCUT2D eigenvalue weighted by Gasteiger charge is 2.29. The third kappa shape index (κ3) is 4.78. The highest BCUT2D eigenvalue weighted by molar-refractivity contribution is 5.97. The first kappa shape index (κ1) is 22.3. The van der Waals surface area contributed by atoms with E-state index in [9.17, 15) is 4.79 Å². The molecule has 1 fully saturated rings. The zero-order valence-corrected chi connectivity index (χ0v) is 19.0. The SMILES string of the molecule is COC[C@H]1CCC[C@H]1Nc1nc(Nc2cc3c(cc2OC)CCN(C)C3)ncc1C(N)=O. The van der Waals surface area contributed by atoms with Gasteiger partial charge in [-0.1, -0.05) is 6.42 Å². The number of fused-ring (bicyclic) bond motifs is 1. The lowest BCUT2D eigenvalue weighted by Crippen LogP contribution is -2.29. The van der Waals surface area contributed by atoms with Crippen LogP contribution < -0.4 is 21.1 Å². The van der Waals surface area contributed by atoms with Gasteiger partial charge in [-0.3, -0.25) is 4.79 Å². The summed E-state index contributed by atoms with van der Waals surface area (Å²) >= 11 is 0. The van der Waals surface area contributed by atoms with Gasteiger partial charge in [-0.2, -0.15) is 4.98 Å². The fraction of sp³-hybridized carbons (Fsp3) is 0.522. The highest BCUT2D eigenvalue weighted by atomic mass is 16.5. The van der Waals surface area contributed by atoms with E-state index in [-0.39, 0.29) is 11.6 Å². The van der Waals surface area contributed by atoms with Crippen molar-refractivity contribution in [2.24, 2.45) is 11.7 Å². The Morgan fingerprint density at radius 1 is 1.28 bits per heavy atom. The van der Waals surface area contributed by atoms with Crippen LogP contribution in [0.15, 0.2) is 18.3 Å². The second kappa shape index (κ2) is 9.70. The Balaban J connectivity index is 1.61. The number of methoxy groups -OCH3 is 2. The van der Waals surface area contributed by atoms with Crippen LogP contribution >= 0.6 is 0 Å². The molecule has 4 N–H and O–H groups in total. The number of primary amides is 1. The largest absolute Gasteiger partial charge is 0.495 e. The van der Waals surface area contributed by atoms with Crippen molar-refractivity contribution in [2.75, 3.05) is 45.1 Å². The number of nitrogens with zero attached hydrogens (tertiary/aromatic N) is 3. The molecule has 9 heteroatoms. The minimum absolute atomic E-state index is 0.171. The first-order valence-electron chi connectivity index (χ1n) is 11.1. The molecule has 9 nitrogen and oxygen atoms in total. The Kier molecular flexibility index (Phi) is 6.76. The molecule has 2 heterocycles. The quantitative estimate of drug-likeness (QED) is 0.574. The van der Waals surface area contributed by atoms with Gasteiger partial charge >= 0.3 is 0 Å². The van der Waals surface area contributed by atoms with Crippen molar-refractivity contribution in [3.8, 4) is 5.75 Å². The van der Waals surface area contributed by atoms with Gasteiger partial charge in [-0.05, 0) is 49.6 Å². The topological polar surface area (TPSA) is 115 Å². The number of nitrogens with one attached hydrogen (secondary N) is 2. The summed E-state index contributed by atoms with van der Waals surface area (Å²) in [5.41, 5.74) is 9.20. The van der Waals surface area contributed by atoms with Crippen LogP contribution in [-0.2, 0) is 17.7 Å². The maximum atomic E-state index is 12.0. The fourth-order valence-electron chi connectivity index (χ4n) is 4.66. The van der Waals surface area contributed by atoms with Crippen LogP contribution in [-0.4, -0.2) is 61.2 Å². The number of nitrogens with two attached hydrogens (primary N) is 1. The summed E-state index contributed by atoms with van der Waals surface area (Å²) in [7, 11) is 5.48. The molecule has 1 aromatic carbocycles. The third-order valence-corrected chi connectivity index (χ3v) is 6.39. The molecule has 1 amide bonds. The maximum absolute atomic E-state index is 12.0. The number of carbonyl (C=O) groups excluding carboxylic acids is 1. The van der Waals surface area contributed by atoms with Gasteiger partial charge in [0.15, 0.2) is 0 Å². The number of aromatic nitrogens is 2. The van der Waals surface area contributed by atoms with Crippen molar-refractivity contribution in [3.63, 3.8) is 0 Å². The molecule has 2 atom stereocenters. The fourth-order valence-corrected chi connectivity index (χ4v) is 4.66. The van der Waals surface area contributed by atoms with Gasteiger partial charge in [0, 0.05) is 38.4 Å². The molecule has 32 heavy (non-hydrogen) atoms. The van der Waals surface area contributed by atoms with Crippen molar-refractivity contribution >= 4 is 23.4 Å². The van der Waals surface area contributed by atoms with Gasteiger partial charge in [-0.25, -0.2) is 4.98 Å². The predicted octanol–water partition coefficient (Wildman–Crippen LogP) is 2.54. The summed E-state index contributed by atoms with van der Waals surface area (Å²) in [6.07, 6.45) is 5.64. The molecular formula is C23H32N6O3. The van der Waals surface area contributed by atoms with E-state index in [1.807, 2.05) is 0 Å². The molecule has 0 saturated heterocycles. The summed E-state index contributed by atoms with van der Waals surface area (Å²) in [5.74, 6) is 1.36. The molecule has 0 radical (unpaired) electrons. The summed E-state index contributed by atoms with van der Waals surface area (Å²) in [6, 6.07) is 4.34. The molecule has 4 rings (SSSR count). The number of amides is 1. The average Bonchev–Trinajstić information content (AvgIpc) is 3.20. The second-order valence-corrected chi connectivity index (χ2v) is 8.65. The van der Waals surface area contributed by atoms with E-state index >= 15 is 0 Å². The standard InChI is InChI=1S/C23H32N6O3/c1-29-8-7-14-10-20(32-3)19(9-16(14)12-29)27-23-25-11-17(21(24)30)22(28-23)26-18-6-4-5-15(18)13-31-2/h9-11,15,18H,4-8,12-13H2,1-3H3,(H2,24,30)(H2,25,26,27,28)/t15-,18-/m1/s1. The van der Waals surface area contributed by atoms with Crippen LogP contribution in [0.2, 0.25) is 0 Å². The minimum atomic E-state index is -0.560. The van der Waals surface area contributed by atoms with Gasteiger partial charge in [0.05, 0.1) is 25.0 Å².